The van der Waals surface area contributed by atoms with Gasteiger partial charge < -0.3 is 0 Å². The average Bonchev–Trinajstić information content (AvgIpc) is 2.79. The molecule has 0 atom stereocenters. The van der Waals surface area contributed by atoms with Crippen molar-refractivity contribution in [3.05, 3.63) is 119 Å². The molecule has 0 aliphatic rings. The first-order chi connectivity index (χ1) is 14.7. The minimum Gasteiger partial charge on any atom is -0.253 e. The van der Waals surface area contributed by atoms with Gasteiger partial charge in [-0.1, -0.05) is 72.3 Å². The van der Waals surface area contributed by atoms with Crippen LogP contribution in [-0.2, 0) is 12.8 Å². The normalized spacial score (nSPS) is 11.4. The van der Waals surface area contributed by atoms with E-state index in [1.54, 1.807) is 0 Å². The molecule has 0 saturated heterocycles. The van der Waals surface area contributed by atoms with Crippen LogP contribution in [0.2, 0.25) is 5.02 Å². The smallest absolute Gasteiger partial charge is 0.0705 e. The van der Waals surface area contributed by atoms with Crippen LogP contribution in [0.4, 0.5) is 0 Å². The molecule has 0 unspecified atom stereocenters. The van der Waals surface area contributed by atoms with Gasteiger partial charge in [0.25, 0.3) is 0 Å². The first-order valence-corrected chi connectivity index (χ1v) is 10.6. The van der Waals surface area contributed by atoms with Crippen LogP contribution in [0.25, 0.3) is 21.8 Å². The lowest BCUT2D eigenvalue weighted by molar-refractivity contribution is 0.660. The van der Waals surface area contributed by atoms with E-state index in [9.17, 15) is 0 Å². The second-order valence-electron chi connectivity index (χ2n) is 7.65. The lowest BCUT2D eigenvalue weighted by atomic mass is 9.89. The van der Waals surface area contributed by atoms with Crippen molar-refractivity contribution in [3.8, 4) is 0 Å². The van der Waals surface area contributed by atoms with Crippen LogP contribution in [-0.4, -0.2) is 9.97 Å². The zero-order valence-electron chi connectivity index (χ0n) is 16.5. The summed E-state index contributed by atoms with van der Waals surface area (Å²) in [6.45, 7) is 0. The van der Waals surface area contributed by atoms with Crippen molar-refractivity contribution in [2.24, 2.45) is 0 Å². The van der Waals surface area contributed by atoms with E-state index in [0.717, 1.165) is 40.3 Å². The second-order valence-corrected chi connectivity index (χ2v) is 8.08. The van der Waals surface area contributed by atoms with Crippen molar-refractivity contribution in [2.45, 2.75) is 18.8 Å². The number of aromatic nitrogens is 2. The van der Waals surface area contributed by atoms with Gasteiger partial charge >= 0.3 is 0 Å². The number of fused-ring (bicyclic) bond motifs is 2. The van der Waals surface area contributed by atoms with Crippen LogP contribution in [0.5, 0.6) is 0 Å². The molecule has 3 heteroatoms. The van der Waals surface area contributed by atoms with E-state index in [0.29, 0.717) is 0 Å². The standard InChI is InChI=1S/C27H21ClN2/c28-23-13-9-19(10-14-23)22(17-24-15-11-20-5-1-3-7-26(20)29-24)18-25-16-12-21-6-2-4-8-27(21)30-25/h1-16,22H,17-18H2. The molecule has 5 aromatic rings. The van der Waals surface area contributed by atoms with Gasteiger partial charge in [-0.05, 0) is 60.7 Å². The molecule has 0 spiro atoms. The summed E-state index contributed by atoms with van der Waals surface area (Å²) >= 11 is 6.14. The monoisotopic (exact) mass is 408 g/mol. The molecule has 0 amide bonds. The average molecular weight is 409 g/mol. The third-order valence-corrected chi connectivity index (χ3v) is 5.82. The predicted molar refractivity (Wildman–Crippen MR) is 125 cm³/mol. The number of benzene rings is 3. The van der Waals surface area contributed by atoms with E-state index in [1.165, 1.54) is 16.3 Å². The Balaban J connectivity index is 1.49. The largest absolute Gasteiger partial charge is 0.253 e. The summed E-state index contributed by atoms with van der Waals surface area (Å²) < 4.78 is 0. The first kappa shape index (κ1) is 18.8. The summed E-state index contributed by atoms with van der Waals surface area (Å²) in [4.78, 5) is 9.81. The maximum absolute atomic E-state index is 6.14. The van der Waals surface area contributed by atoms with Crippen molar-refractivity contribution in [1.82, 2.24) is 9.97 Å². The summed E-state index contributed by atoms with van der Waals surface area (Å²) in [5.74, 6) is 0.268. The Morgan fingerprint density at radius 1 is 0.567 bits per heavy atom. The number of hydrogen-bond acceptors (Lipinski definition) is 2. The fourth-order valence-electron chi connectivity index (χ4n) is 3.99. The van der Waals surface area contributed by atoms with Crippen LogP contribution in [0.1, 0.15) is 22.9 Å². The van der Waals surface area contributed by atoms with Crippen molar-refractivity contribution < 1.29 is 0 Å². The van der Waals surface area contributed by atoms with E-state index in [4.69, 9.17) is 21.6 Å². The lowest BCUT2D eigenvalue weighted by Gasteiger charge is -2.18. The fraction of sp³-hybridized carbons (Fsp3) is 0.111. The molecule has 0 fully saturated rings. The van der Waals surface area contributed by atoms with Gasteiger partial charge in [0.05, 0.1) is 11.0 Å². The van der Waals surface area contributed by atoms with Gasteiger partial charge in [0, 0.05) is 27.2 Å². The van der Waals surface area contributed by atoms with Gasteiger partial charge in [-0.3, -0.25) is 9.97 Å². The molecule has 3 aromatic carbocycles. The Hall–Kier alpha value is -3.23. The Morgan fingerprint density at radius 2 is 1.07 bits per heavy atom. The summed E-state index contributed by atoms with van der Waals surface area (Å²) in [5, 5.41) is 3.09. The summed E-state index contributed by atoms with van der Waals surface area (Å²) in [7, 11) is 0. The van der Waals surface area contributed by atoms with Crippen LogP contribution < -0.4 is 0 Å². The molecule has 2 nitrogen and oxygen atoms in total. The highest BCUT2D eigenvalue weighted by molar-refractivity contribution is 6.30. The molecule has 5 rings (SSSR count). The van der Waals surface area contributed by atoms with Crippen molar-refractivity contribution >= 4 is 33.4 Å². The van der Waals surface area contributed by atoms with E-state index in [2.05, 4.69) is 60.7 Å². The Labute approximate surface area is 181 Å². The highest BCUT2D eigenvalue weighted by Gasteiger charge is 2.16. The third kappa shape index (κ3) is 4.05. The SMILES string of the molecule is Clc1ccc(C(Cc2ccc3ccccc3n2)Cc2ccc3ccccc3n2)cc1. The molecule has 0 aliphatic heterocycles. The van der Waals surface area contributed by atoms with Crippen molar-refractivity contribution in [3.63, 3.8) is 0 Å². The molecular weight excluding hydrogens is 388 g/mol. The summed E-state index contributed by atoms with van der Waals surface area (Å²) in [5.41, 5.74) is 5.51. The molecular formula is C27H21ClN2. The number of nitrogens with zero attached hydrogens (tertiary/aromatic N) is 2. The van der Waals surface area contributed by atoms with Crippen LogP contribution in [0.15, 0.2) is 97.1 Å². The molecule has 30 heavy (non-hydrogen) atoms. The van der Waals surface area contributed by atoms with Gasteiger partial charge in [-0.15, -0.1) is 0 Å². The third-order valence-electron chi connectivity index (χ3n) is 5.56. The molecule has 0 radical (unpaired) electrons. The van der Waals surface area contributed by atoms with E-state index < -0.39 is 0 Å². The lowest BCUT2D eigenvalue weighted by Crippen LogP contribution is -2.09. The van der Waals surface area contributed by atoms with Crippen LogP contribution in [0.3, 0.4) is 0 Å². The van der Waals surface area contributed by atoms with Gasteiger partial charge in [0.2, 0.25) is 0 Å². The maximum atomic E-state index is 6.14. The summed E-state index contributed by atoms with van der Waals surface area (Å²) in [6.07, 6.45) is 1.70. The molecule has 0 saturated carbocycles. The number of para-hydroxylation sites is 2. The first-order valence-electron chi connectivity index (χ1n) is 10.2. The van der Waals surface area contributed by atoms with Crippen LogP contribution in [0, 0.1) is 0 Å². The van der Waals surface area contributed by atoms with Crippen molar-refractivity contribution in [1.29, 1.82) is 0 Å². The van der Waals surface area contributed by atoms with Crippen molar-refractivity contribution in [2.75, 3.05) is 0 Å². The minimum atomic E-state index is 0.268. The highest BCUT2D eigenvalue weighted by Crippen LogP contribution is 2.27. The Morgan fingerprint density at radius 3 is 1.60 bits per heavy atom. The predicted octanol–water partition coefficient (Wildman–Crippen LogP) is 7.01. The van der Waals surface area contributed by atoms with Crippen LogP contribution >= 0.6 is 11.6 Å². The number of pyridine rings is 2. The molecule has 2 aromatic heterocycles. The minimum absolute atomic E-state index is 0.268. The second kappa shape index (κ2) is 8.25. The fourth-order valence-corrected chi connectivity index (χ4v) is 4.12. The molecule has 146 valence electrons. The van der Waals surface area contributed by atoms with Gasteiger partial charge in [-0.2, -0.15) is 0 Å². The molecule has 2 heterocycles. The zero-order valence-corrected chi connectivity index (χ0v) is 17.3. The Bertz CT molecular complexity index is 1230. The van der Waals surface area contributed by atoms with E-state index in [-0.39, 0.29) is 5.92 Å². The quantitative estimate of drug-likeness (QED) is 0.312. The summed E-state index contributed by atoms with van der Waals surface area (Å²) in [6, 6.07) is 33.3. The van der Waals surface area contributed by atoms with Gasteiger partial charge in [0.1, 0.15) is 0 Å². The molecule has 0 bridgehead atoms. The zero-order chi connectivity index (χ0) is 20.3. The number of rotatable bonds is 5. The molecule has 0 aliphatic carbocycles. The van der Waals surface area contributed by atoms with E-state index in [1.807, 2.05) is 36.4 Å². The Kier molecular flexibility index (Phi) is 5.17. The number of hydrogen-bond donors (Lipinski definition) is 0. The van der Waals surface area contributed by atoms with E-state index >= 15 is 0 Å². The van der Waals surface area contributed by atoms with Gasteiger partial charge in [-0.25, -0.2) is 0 Å². The van der Waals surface area contributed by atoms with Gasteiger partial charge in [0.15, 0.2) is 0 Å². The number of halogens is 1. The topological polar surface area (TPSA) is 25.8 Å². The maximum Gasteiger partial charge on any atom is 0.0705 e. The highest BCUT2D eigenvalue weighted by atomic mass is 35.5. The molecule has 0 N–H and O–H groups in total.